The van der Waals surface area contributed by atoms with Gasteiger partial charge in [0.2, 0.25) is 5.91 Å². The van der Waals surface area contributed by atoms with Gasteiger partial charge in [0.1, 0.15) is 17.4 Å². The van der Waals surface area contributed by atoms with E-state index < -0.39 is 0 Å². The van der Waals surface area contributed by atoms with E-state index in [-0.39, 0.29) is 23.1 Å². The molecule has 1 heterocycles. The van der Waals surface area contributed by atoms with Gasteiger partial charge in [-0.05, 0) is 12.1 Å². The van der Waals surface area contributed by atoms with Gasteiger partial charge in [-0.3, -0.25) is 9.59 Å². The monoisotopic (exact) mass is 314 g/mol. The molecule has 0 radical (unpaired) electrons. The molecule has 2 rings (SSSR count). The zero-order valence-electron chi connectivity index (χ0n) is 12.8. The van der Waals surface area contributed by atoms with Crippen LogP contribution in [0.3, 0.4) is 0 Å². The van der Waals surface area contributed by atoms with Gasteiger partial charge in [-0.15, -0.1) is 0 Å². The van der Waals surface area contributed by atoms with Crippen LogP contribution in [0.5, 0.6) is 5.75 Å². The van der Waals surface area contributed by atoms with Crippen LogP contribution in [0.1, 0.15) is 6.92 Å². The summed E-state index contributed by atoms with van der Waals surface area (Å²) in [6.45, 7) is 3.25. The number of rotatable bonds is 3. The number of phenolic OH excluding ortho intramolecular Hbond substituents is 1. The van der Waals surface area contributed by atoms with E-state index in [1.54, 1.807) is 21.9 Å². The summed E-state index contributed by atoms with van der Waals surface area (Å²) in [5, 5.41) is 21.4. The minimum atomic E-state index is -0.372. The van der Waals surface area contributed by atoms with Crippen LogP contribution in [0.25, 0.3) is 0 Å². The quantitative estimate of drug-likeness (QED) is 0.638. The molecule has 120 valence electrons. The van der Waals surface area contributed by atoms with Crippen LogP contribution in [0.4, 0.5) is 5.69 Å². The summed E-state index contributed by atoms with van der Waals surface area (Å²) in [7, 11) is 0. The molecule has 1 aliphatic heterocycles. The number of benzene rings is 1. The van der Waals surface area contributed by atoms with E-state index in [1.165, 1.54) is 25.3 Å². The third-order valence-electron chi connectivity index (χ3n) is 3.59. The number of phenols is 1. The first-order chi connectivity index (χ1) is 11.0. The summed E-state index contributed by atoms with van der Waals surface area (Å²) in [6.07, 6.45) is 1.33. The lowest BCUT2D eigenvalue weighted by Gasteiger charge is -2.34. The van der Waals surface area contributed by atoms with E-state index in [0.717, 1.165) is 0 Å². The standard InChI is InChI=1S/C16H18N4O3/c1-12(21)19-5-7-20(8-6-19)16(23)13(10-17)11-18-14-3-2-4-15(22)9-14/h2-4,9,11,18,22H,5-8H2,1H3/b13-11-. The number of nitrogens with one attached hydrogen (secondary N) is 1. The molecule has 0 saturated carbocycles. The third kappa shape index (κ3) is 4.23. The molecule has 0 atom stereocenters. The summed E-state index contributed by atoms with van der Waals surface area (Å²) >= 11 is 0. The maximum atomic E-state index is 12.3. The third-order valence-corrected chi connectivity index (χ3v) is 3.59. The Bertz CT molecular complexity index is 670. The molecule has 2 amide bonds. The molecule has 2 N–H and O–H groups in total. The molecule has 23 heavy (non-hydrogen) atoms. The first-order valence-corrected chi connectivity index (χ1v) is 7.22. The van der Waals surface area contributed by atoms with Crippen molar-refractivity contribution in [3.8, 4) is 11.8 Å². The van der Waals surface area contributed by atoms with Crippen LogP contribution in [0.2, 0.25) is 0 Å². The predicted octanol–water partition coefficient (Wildman–Crippen LogP) is 0.902. The van der Waals surface area contributed by atoms with E-state index in [1.807, 2.05) is 6.07 Å². The van der Waals surface area contributed by atoms with E-state index in [4.69, 9.17) is 0 Å². The van der Waals surface area contributed by atoms with Crippen LogP contribution in [-0.2, 0) is 9.59 Å². The van der Waals surface area contributed by atoms with E-state index >= 15 is 0 Å². The molecule has 1 aliphatic rings. The molecule has 7 nitrogen and oxygen atoms in total. The van der Waals surface area contributed by atoms with Gasteiger partial charge in [-0.1, -0.05) is 6.07 Å². The highest BCUT2D eigenvalue weighted by atomic mass is 16.3. The lowest BCUT2D eigenvalue weighted by Crippen LogP contribution is -2.50. The van der Waals surface area contributed by atoms with Gasteiger partial charge in [0, 0.05) is 51.1 Å². The Morgan fingerprint density at radius 3 is 2.48 bits per heavy atom. The number of carbonyl (C=O) groups excluding carboxylic acids is 2. The van der Waals surface area contributed by atoms with Gasteiger partial charge in [-0.25, -0.2) is 0 Å². The molecule has 0 unspecified atom stereocenters. The maximum absolute atomic E-state index is 12.3. The number of piperazine rings is 1. The van der Waals surface area contributed by atoms with Crippen molar-refractivity contribution in [2.75, 3.05) is 31.5 Å². The first-order valence-electron chi connectivity index (χ1n) is 7.22. The van der Waals surface area contributed by atoms with Crippen molar-refractivity contribution in [2.45, 2.75) is 6.92 Å². The normalized spacial score (nSPS) is 15.0. The summed E-state index contributed by atoms with van der Waals surface area (Å²) in [6, 6.07) is 8.26. The average Bonchev–Trinajstić information content (AvgIpc) is 2.55. The molecule has 1 aromatic carbocycles. The number of anilines is 1. The molecular weight excluding hydrogens is 296 g/mol. The van der Waals surface area contributed by atoms with Crippen molar-refractivity contribution in [1.82, 2.24) is 9.80 Å². The fourth-order valence-corrected chi connectivity index (χ4v) is 2.29. The average molecular weight is 314 g/mol. The zero-order valence-corrected chi connectivity index (χ0v) is 12.8. The minimum Gasteiger partial charge on any atom is -0.508 e. The lowest BCUT2D eigenvalue weighted by atomic mass is 10.2. The number of nitriles is 1. The number of hydrogen-bond acceptors (Lipinski definition) is 5. The summed E-state index contributed by atoms with van der Waals surface area (Å²) < 4.78 is 0. The number of nitrogens with zero attached hydrogens (tertiary/aromatic N) is 3. The predicted molar refractivity (Wildman–Crippen MR) is 84.3 cm³/mol. The van der Waals surface area contributed by atoms with Crippen molar-refractivity contribution in [3.05, 3.63) is 36.0 Å². The number of amides is 2. The second kappa shape index (κ2) is 7.31. The highest BCUT2D eigenvalue weighted by Gasteiger charge is 2.24. The number of hydrogen-bond donors (Lipinski definition) is 2. The second-order valence-corrected chi connectivity index (χ2v) is 5.16. The molecular formula is C16H18N4O3. The Morgan fingerprint density at radius 1 is 1.26 bits per heavy atom. The van der Waals surface area contributed by atoms with Crippen LogP contribution >= 0.6 is 0 Å². The minimum absolute atomic E-state index is 0.0151. The van der Waals surface area contributed by atoms with E-state index in [0.29, 0.717) is 31.9 Å². The topological polar surface area (TPSA) is 96.7 Å². The van der Waals surface area contributed by atoms with Crippen molar-refractivity contribution in [2.24, 2.45) is 0 Å². The molecule has 7 heteroatoms. The fraction of sp³-hybridized carbons (Fsp3) is 0.312. The second-order valence-electron chi connectivity index (χ2n) is 5.16. The van der Waals surface area contributed by atoms with Gasteiger partial charge in [-0.2, -0.15) is 5.26 Å². The molecule has 1 saturated heterocycles. The van der Waals surface area contributed by atoms with Crippen LogP contribution in [-0.4, -0.2) is 52.9 Å². The Hall–Kier alpha value is -3.01. The molecule has 1 fully saturated rings. The molecule has 0 aliphatic carbocycles. The molecule has 1 aromatic rings. The lowest BCUT2D eigenvalue weighted by molar-refractivity contribution is -0.136. The number of aromatic hydroxyl groups is 1. The highest BCUT2D eigenvalue weighted by Crippen LogP contribution is 2.16. The molecule has 0 aromatic heterocycles. The Balaban J connectivity index is 2.00. The van der Waals surface area contributed by atoms with E-state index in [9.17, 15) is 20.0 Å². The van der Waals surface area contributed by atoms with Crippen molar-refractivity contribution in [1.29, 1.82) is 5.26 Å². The van der Waals surface area contributed by atoms with Gasteiger partial charge in [0.25, 0.3) is 5.91 Å². The Labute approximate surface area is 134 Å². The molecule has 0 spiro atoms. The number of carbonyl (C=O) groups is 2. The summed E-state index contributed by atoms with van der Waals surface area (Å²) in [5.41, 5.74) is 0.552. The van der Waals surface area contributed by atoms with Crippen LogP contribution < -0.4 is 5.32 Å². The Morgan fingerprint density at radius 2 is 1.91 bits per heavy atom. The summed E-state index contributed by atoms with van der Waals surface area (Å²) in [4.78, 5) is 26.8. The van der Waals surface area contributed by atoms with Gasteiger partial charge >= 0.3 is 0 Å². The van der Waals surface area contributed by atoms with Gasteiger partial charge < -0.3 is 20.2 Å². The largest absolute Gasteiger partial charge is 0.508 e. The maximum Gasteiger partial charge on any atom is 0.266 e. The Kier molecular flexibility index (Phi) is 5.20. The SMILES string of the molecule is CC(=O)N1CCN(C(=O)/C(C#N)=C\Nc2cccc(O)c2)CC1. The van der Waals surface area contributed by atoms with Gasteiger partial charge in [0.05, 0.1) is 0 Å². The fourth-order valence-electron chi connectivity index (χ4n) is 2.29. The van der Waals surface area contributed by atoms with E-state index in [2.05, 4.69) is 5.32 Å². The first kappa shape index (κ1) is 16.4. The van der Waals surface area contributed by atoms with Crippen LogP contribution in [0, 0.1) is 11.3 Å². The smallest absolute Gasteiger partial charge is 0.266 e. The van der Waals surface area contributed by atoms with Crippen molar-refractivity contribution in [3.63, 3.8) is 0 Å². The van der Waals surface area contributed by atoms with Crippen molar-refractivity contribution < 1.29 is 14.7 Å². The zero-order chi connectivity index (χ0) is 16.8. The highest BCUT2D eigenvalue weighted by molar-refractivity contribution is 5.97. The van der Waals surface area contributed by atoms with Crippen LogP contribution in [0.15, 0.2) is 36.0 Å². The van der Waals surface area contributed by atoms with Gasteiger partial charge in [0.15, 0.2) is 0 Å². The molecule has 0 bridgehead atoms. The van der Waals surface area contributed by atoms with Crippen molar-refractivity contribution >= 4 is 17.5 Å². The summed E-state index contributed by atoms with van der Waals surface area (Å²) in [5.74, 6) is -0.296.